The third-order valence-electron chi connectivity index (χ3n) is 3.43. The highest BCUT2D eigenvalue weighted by Gasteiger charge is 2.20. The molecule has 0 amide bonds. The standard InChI is InChI=1S/C14H14BrFN2S/c15-9-6-5-8(7-10(9)16)13(17)14-18-11-3-1-2-4-12(11)19-14/h5-7,13H,1-4,17H2. The molecule has 1 unspecified atom stereocenters. The zero-order valence-corrected chi connectivity index (χ0v) is 12.7. The van der Waals surface area contributed by atoms with Gasteiger partial charge in [0, 0.05) is 4.88 Å². The molecule has 1 aromatic heterocycles. The first-order valence-corrected chi connectivity index (χ1v) is 7.95. The lowest BCUT2D eigenvalue weighted by atomic mass is 10.0. The zero-order chi connectivity index (χ0) is 13.4. The third-order valence-corrected chi connectivity index (χ3v) is 5.31. The van der Waals surface area contributed by atoms with Gasteiger partial charge in [0.2, 0.25) is 0 Å². The first kappa shape index (κ1) is 13.2. The number of benzene rings is 1. The molecule has 1 atom stereocenters. The first-order valence-electron chi connectivity index (χ1n) is 6.34. The molecule has 100 valence electrons. The molecule has 1 aliphatic rings. The summed E-state index contributed by atoms with van der Waals surface area (Å²) in [6.45, 7) is 0. The van der Waals surface area contributed by atoms with Crippen molar-refractivity contribution in [2.24, 2.45) is 5.73 Å². The van der Waals surface area contributed by atoms with E-state index >= 15 is 0 Å². The molecular formula is C14H14BrFN2S. The van der Waals surface area contributed by atoms with Gasteiger partial charge in [-0.3, -0.25) is 0 Å². The lowest BCUT2D eigenvalue weighted by Gasteiger charge is -2.09. The van der Waals surface area contributed by atoms with Crippen LogP contribution in [0.4, 0.5) is 4.39 Å². The van der Waals surface area contributed by atoms with E-state index in [9.17, 15) is 4.39 Å². The smallest absolute Gasteiger partial charge is 0.137 e. The monoisotopic (exact) mass is 340 g/mol. The molecular weight excluding hydrogens is 327 g/mol. The maximum Gasteiger partial charge on any atom is 0.137 e. The van der Waals surface area contributed by atoms with Crippen LogP contribution in [0.15, 0.2) is 22.7 Å². The zero-order valence-electron chi connectivity index (χ0n) is 10.3. The van der Waals surface area contributed by atoms with Crippen molar-refractivity contribution in [1.29, 1.82) is 0 Å². The van der Waals surface area contributed by atoms with Crippen LogP contribution in [0, 0.1) is 5.82 Å². The van der Waals surface area contributed by atoms with Crippen LogP contribution >= 0.6 is 27.3 Å². The van der Waals surface area contributed by atoms with Crippen molar-refractivity contribution in [2.75, 3.05) is 0 Å². The number of thiazole rings is 1. The van der Waals surface area contributed by atoms with Gasteiger partial charge in [-0.15, -0.1) is 11.3 Å². The van der Waals surface area contributed by atoms with Gasteiger partial charge in [-0.1, -0.05) is 6.07 Å². The summed E-state index contributed by atoms with van der Waals surface area (Å²) in [5.74, 6) is -0.283. The van der Waals surface area contributed by atoms with Crippen LogP contribution in [0.5, 0.6) is 0 Å². The minimum Gasteiger partial charge on any atom is -0.318 e. The summed E-state index contributed by atoms with van der Waals surface area (Å²) in [5.41, 5.74) is 8.18. The Morgan fingerprint density at radius 3 is 2.84 bits per heavy atom. The normalized spacial score (nSPS) is 16.2. The third kappa shape index (κ3) is 2.59. The quantitative estimate of drug-likeness (QED) is 0.898. The van der Waals surface area contributed by atoms with E-state index in [0.29, 0.717) is 4.47 Å². The van der Waals surface area contributed by atoms with Gasteiger partial charge in [-0.25, -0.2) is 9.37 Å². The predicted molar refractivity (Wildman–Crippen MR) is 78.9 cm³/mol. The second-order valence-corrected chi connectivity index (χ2v) is 6.75. The number of nitrogens with two attached hydrogens (primary N) is 1. The molecule has 2 nitrogen and oxygen atoms in total. The van der Waals surface area contributed by atoms with E-state index in [1.807, 2.05) is 6.07 Å². The number of aryl methyl sites for hydroxylation is 2. The van der Waals surface area contributed by atoms with Crippen LogP contribution in [0.2, 0.25) is 0 Å². The number of rotatable bonds is 2. The molecule has 0 spiro atoms. The summed E-state index contributed by atoms with van der Waals surface area (Å²) >= 11 is 4.83. The SMILES string of the molecule is NC(c1ccc(Br)c(F)c1)c1nc2c(s1)CCCC2. The number of fused-ring (bicyclic) bond motifs is 1. The average molecular weight is 341 g/mol. The molecule has 1 aliphatic carbocycles. The molecule has 19 heavy (non-hydrogen) atoms. The molecule has 0 radical (unpaired) electrons. The van der Waals surface area contributed by atoms with Crippen LogP contribution in [0.1, 0.15) is 40.0 Å². The Labute approximate surface area is 124 Å². The first-order chi connectivity index (χ1) is 9.15. The van der Waals surface area contributed by atoms with Crippen LogP contribution in [0.25, 0.3) is 0 Å². The lowest BCUT2D eigenvalue weighted by molar-refractivity contribution is 0.616. The van der Waals surface area contributed by atoms with Crippen molar-refractivity contribution < 1.29 is 4.39 Å². The number of halogens is 2. The van der Waals surface area contributed by atoms with E-state index in [1.54, 1.807) is 17.4 Å². The molecule has 1 aromatic carbocycles. The van der Waals surface area contributed by atoms with E-state index in [4.69, 9.17) is 5.73 Å². The maximum absolute atomic E-state index is 13.6. The fourth-order valence-electron chi connectivity index (χ4n) is 2.35. The number of hydrogen-bond acceptors (Lipinski definition) is 3. The molecule has 2 N–H and O–H groups in total. The van der Waals surface area contributed by atoms with Gasteiger partial charge in [-0.05, 0) is 59.3 Å². The number of aromatic nitrogens is 1. The lowest BCUT2D eigenvalue weighted by Crippen LogP contribution is -2.12. The van der Waals surface area contributed by atoms with Crippen molar-refractivity contribution >= 4 is 27.3 Å². The van der Waals surface area contributed by atoms with E-state index in [-0.39, 0.29) is 11.9 Å². The molecule has 0 saturated heterocycles. The fourth-order valence-corrected chi connectivity index (χ4v) is 3.78. The van der Waals surface area contributed by atoms with Crippen LogP contribution < -0.4 is 5.73 Å². The molecule has 0 bridgehead atoms. The maximum atomic E-state index is 13.6. The van der Waals surface area contributed by atoms with Gasteiger partial charge < -0.3 is 5.73 Å². The fraction of sp³-hybridized carbons (Fsp3) is 0.357. The summed E-state index contributed by atoms with van der Waals surface area (Å²) in [6.07, 6.45) is 4.59. The molecule has 3 rings (SSSR count). The Hall–Kier alpha value is -0.780. The Morgan fingerprint density at radius 2 is 2.11 bits per heavy atom. The molecule has 5 heteroatoms. The van der Waals surface area contributed by atoms with Crippen molar-refractivity contribution in [2.45, 2.75) is 31.7 Å². The van der Waals surface area contributed by atoms with Crippen molar-refractivity contribution in [3.8, 4) is 0 Å². The van der Waals surface area contributed by atoms with Gasteiger partial charge in [-0.2, -0.15) is 0 Å². The second kappa shape index (κ2) is 5.31. The number of hydrogen-bond donors (Lipinski definition) is 1. The van der Waals surface area contributed by atoms with E-state index in [0.717, 1.165) is 23.4 Å². The highest BCUT2D eigenvalue weighted by molar-refractivity contribution is 9.10. The van der Waals surface area contributed by atoms with Gasteiger partial charge in [0.25, 0.3) is 0 Å². The minimum atomic E-state index is -0.335. The van der Waals surface area contributed by atoms with Gasteiger partial charge in [0.15, 0.2) is 0 Å². The molecule has 2 aromatic rings. The topological polar surface area (TPSA) is 38.9 Å². The Kier molecular flexibility index (Phi) is 3.69. The Morgan fingerprint density at radius 1 is 1.32 bits per heavy atom. The van der Waals surface area contributed by atoms with Crippen LogP contribution in [0.3, 0.4) is 0 Å². The largest absolute Gasteiger partial charge is 0.318 e. The molecule has 0 aliphatic heterocycles. The number of nitrogens with zero attached hydrogens (tertiary/aromatic N) is 1. The molecule has 0 fully saturated rings. The van der Waals surface area contributed by atoms with E-state index < -0.39 is 0 Å². The van der Waals surface area contributed by atoms with Crippen LogP contribution in [-0.2, 0) is 12.8 Å². The van der Waals surface area contributed by atoms with Gasteiger partial charge >= 0.3 is 0 Å². The second-order valence-electron chi connectivity index (χ2n) is 4.78. The minimum absolute atomic E-state index is 0.283. The van der Waals surface area contributed by atoms with E-state index in [1.165, 1.54) is 29.5 Å². The van der Waals surface area contributed by atoms with Crippen molar-refractivity contribution in [3.63, 3.8) is 0 Å². The molecule has 1 heterocycles. The van der Waals surface area contributed by atoms with E-state index in [2.05, 4.69) is 20.9 Å². The summed E-state index contributed by atoms with van der Waals surface area (Å²) < 4.78 is 14.0. The van der Waals surface area contributed by atoms with Crippen molar-refractivity contribution in [1.82, 2.24) is 4.98 Å². The predicted octanol–water partition coefficient (Wildman–Crippen LogP) is 3.97. The summed E-state index contributed by atoms with van der Waals surface area (Å²) in [7, 11) is 0. The highest BCUT2D eigenvalue weighted by Crippen LogP contribution is 2.32. The average Bonchev–Trinajstić information content (AvgIpc) is 2.85. The summed E-state index contributed by atoms with van der Waals surface area (Å²) in [5, 5.41) is 0.897. The van der Waals surface area contributed by atoms with Crippen molar-refractivity contribution in [3.05, 3.63) is 49.6 Å². The van der Waals surface area contributed by atoms with Gasteiger partial charge in [0.05, 0.1) is 16.2 Å². The summed E-state index contributed by atoms with van der Waals surface area (Å²) in [4.78, 5) is 5.99. The summed E-state index contributed by atoms with van der Waals surface area (Å²) in [6, 6.07) is 4.68. The Balaban J connectivity index is 1.92. The molecule has 0 saturated carbocycles. The van der Waals surface area contributed by atoms with Gasteiger partial charge in [0.1, 0.15) is 10.8 Å². The van der Waals surface area contributed by atoms with Crippen LogP contribution in [-0.4, -0.2) is 4.98 Å². The Bertz CT molecular complexity index is 588. The highest BCUT2D eigenvalue weighted by atomic mass is 79.9.